The van der Waals surface area contributed by atoms with Gasteiger partial charge in [-0.1, -0.05) is 26.2 Å². The molecular formula is C14H23NO2. The Morgan fingerprint density at radius 3 is 2.59 bits per heavy atom. The van der Waals surface area contributed by atoms with Crippen molar-refractivity contribution in [3.05, 3.63) is 23.7 Å². The summed E-state index contributed by atoms with van der Waals surface area (Å²) in [4.78, 5) is 0. The van der Waals surface area contributed by atoms with E-state index in [1.807, 2.05) is 12.1 Å². The summed E-state index contributed by atoms with van der Waals surface area (Å²) in [5.41, 5.74) is -0.488. The van der Waals surface area contributed by atoms with Gasteiger partial charge in [-0.25, -0.2) is 0 Å². The minimum Gasteiger partial charge on any atom is -0.465 e. The normalized spacial score (nSPS) is 19.4. The van der Waals surface area contributed by atoms with E-state index in [0.717, 1.165) is 43.6 Å². The first-order valence-electron chi connectivity index (χ1n) is 6.72. The van der Waals surface area contributed by atoms with E-state index in [9.17, 15) is 5.11 Å². The highest BCUT2D eigenvalue weighted by Gasteiger charge is 2.28. The second-order valence-electron chi connectivity index (χ2n) is 5.11. The van der Waals surface area contributed by atoms with Crippen LogP contribution in [0.25, 0.3) is 0 Å². The molecule has 0 aromatic carbocycles. The van der Waals surface area contributed by atoms with Crippen molar-refractivity contribution in [2.24, 2.45) is 0 Å². The number of hydrogen-bond donors (Lipinski definition) is 2. The Bertz CT molecular complexity index is 340. The highest BCUT2D eigenvalue weighted by atomic mass is 16.3. The van der Waals surface area contributed by atoms with Crippen molar-refractivity contribution < 1.29 is 9.52 Å². The quantitative estimate of drug-likeness (QED) is 0.827. The molecule has 0 atom stereocenters. The molecule has 1 fully saturated rings. The summed E-state index contributed by atoms with van der Waals surface area (Å²) < 4.78 is 5.61. The lowest BCUT2D eigenvalue weighted by Crippen LogP contribution is -2.41. The maximum atomic E-state index is 10.3. The fourth-order valence-corrected chi connectivity index (χ4v) is 2.51. The molecule has 17 heavy (non-hydrogen) atoms. The Morgan fingerprint density at radius 2 is 1.94 bits per heavy atom. The maximum Gasteiger partial charge on any atom is 0.117 e. The molecule has 0 unspecified atom stereocenters. The van der Waals surface area contributed by atoms with Gasteiger partial charge in [0, 0.05) is 13.0 Å². The zero-order valence-corrected chi connectivity index (χ0v) is 10.7. The summed E-state index contributed by atoms with van der Waals surface area (Å²) in [5.74, 6) is 1.99. The third-order valence-electron chi connectivity index (χ3n) is 3.60. The molecule has 0 saturated heterocycles. The smallest absolute Gasteiger partial charge is 0.117 e. The van der Waals surface area contributed by atoms with Crippen molar-refractivity contribution in [3.63, 3.8) is 0 Å². The average Bonchev–Trinajstić information content (AvgIpc) is 2.78. The zero-order valence-electron chi connectivity index (χ0n) is 10.7. The van der Waals surface area contributed by atoms with Crippen LogP contribution in [0.3, 0.4) is 0 Å². The maximum absolute atomic E-state index is 10.3. The molecule has 1 aliphatic rings. The zero-order chi connectivity index (χ0) is 12.1. The molecule has 1 aliphatic carbocycles. The number of furan rings is 1. The molecule has 0 radical (unpaired) electrons. The molecule has 0 aliphatic heterocycles. The first-order chi connectivity index (χ1) is 8.22. The first kappa shape index (κ1) is 12.7. The van der Waals surface area contributed by atoms with Crippen LogP contribution in [0.2, 0.25) is 0 Å². The van der Waals surface area contributed by atoms with Crippen LogP contribution in [-0.4, -0.2) is 17.3 Å². The number of hydrogen-bond acceptors (Lipinski definition) is 3. The molecule has 2 rings (SSSR count). The number of nitrogens with one attached hydrogen (secondary N) is 1. The van der Waals surface area contributed by atoms with Crippen molar-refractivity contribution in [2.45, 2.75) is 57.6 Å². The van der Waals surface area contributed by atoms with Crippen molar-refractivity contribution in [3.8, 4) is 0 Å². The molecule has 2 N–H and O–H groups in total. The van der Waals surface area contributed by atoms with E-state index in [-0.39, 0.29) is 0 Å². The Morgan fingerprint density at radius 1 is 1.24 bits per heavy atom. The largest absolute Gasteiger partial charge is 0.465 e. The standard InChI is InChI=1S/C14H23NO2/c1-2-12-6-7-13(17-12)10-15-11-14(16)8-4-3-5-9-14/h6-7,15-16H,2-5,8-11H2,1H3. The van der Waals surface area contributed by atoms with Crippen molar-refractivity contribution in [1.82, 2.24) is 5.32 Å². The molecule has 0 bridgehead atoms. The number of aliphatic hydroxyl groups is 1. The van der Waals surface area contributed by atoms with Crippen molar-refractivity contribution in [2.75, 3.05) is 6.54 Å². The Labute approximate surface area is 103 Å². The van der Waals surface area contributed by atoms with Gasteiger partial charge in [-0.15, -0.1) is 0 Å². The van der Waals surface area contributed by atoms with Crippen molar-refractivity contribution >= 4 is 0 Å². The van der Waals surface area contributed by atoms with Crippen LogP contribution in [0.15, 0.2) is 16.5 Å². The van der Waals surface area contributed by atoms with Gasteiger partial charge in [0.05, 0.1) is 12.1 Å². The summed E-state index contributed by atoms with van der Waals surface area (Å²) in [6.07, 6.45) is 6.36. The molecule has 0 spiro atoms. The molecule has 1 aromatic rings. The monoisotopic (exact) mass is 237 g/mol. The summed E-state index contributed by atoms with van der Waals surface area (Å²) in [6.45, 7) is 3.47. The lowest BCUT2D eigenvalue weighted by Gasteiger charge is -2.32. The number of aryl methyl sites for hydroxylation is 1. The van der Waals surface area contributed by atoms with Gasteiger partial charge in [-0.2, -0.15) is 0 Å². The van der Waals surface area contributed by atoms with Crippen LogP contribution in [0.5, 0.6) is 0 Å². The molecule has 3 nitrogen and oxygen atoms in total. The Balaban J connectivity index is 1.74. The van der Waals surface area contributed by atoms with E-state index in [0.29, 0.717) is 13.1 Å². The predicted molar refractivity (Wildman–Crippen MR) is 67.8 cm³/mol. The van der Waals surface area contributed by atoms with Gasteiger partial charge in [0.2, 0.25) is 0 Å². The highest BCUT2D eigenvalue weighted by Crippen LogP contribution is 2.27. The van der Waals surface area contributed by atoms with Crippen molar-refractivity contribution in [1.29, 1.82) is 0 Å². The topological polar surface area (TPSA) is 45.4 Å². The molecule has 1 aromatic heterocycles. The second-order valence-corrected chi connectivity index (χ2v) is 5.11. The van der Waals surface area contributed by atoms with E-state index in [1.54, 1.807) is 0 Å². The van der Waals surface area contributed by atoms with Gasteiger partial charge < -0.3 is 14.8 Å². The summed E-state index contributed by atoms with van der Waals surface area (Å²) in [7, 11) is 0. The minimum absolute atomic E-state index is 0.488. The molecule has 1 saturated carbocycles. The third kappa shape index (κ3) is 3.58. The molecule has 3 heteroatoms. The van der Waals surface area contributed by atoms with Crippen LogP contribution in [0.1, 0.15) is 50.5 Å². The van der Waals surface area contributed by atoms with Crippen LogP contribution < -0.4 is 5.32 Å². The SMILES string of the molecule is CCc1ccc(CNCC2(O)CCCCC2)o1. The van der Waals surface area contributed by atoms with Gasteiger partial charge >= 0.3 is 0 Å². The van der Waals surface area contributed by atoms with Gasteiger partial charge in [-0.3, -0.25) is 0 Å². The Hall–Kier alpha value is -0.800. The predicted octanol–water partition coefficient (Wildman–Crippen LogP) is 2.63. The van der Waals surface area contributed by atoms with Crippen LogP contribution in [-0.2, 0) is 13.0 Å². The lowest BCUT2D eigenvalue weighted by atomic mass is 9.85. The van der Waals surface area contributed by atoms with E-state index in [1.165, 1.54) is 6.42 Å². The second kappa shape index (κ2) is 5.69. The molecular weight excluding hydrogens is 214 g/mol. The summed E-state index contributed by atoms with van der Waals surface area (Å²) >= 11 is 0. The first-order valence-corrected chi connectivity index (χ1v) is 6.72. The van der Waals surface area contributed by atoms with Gasteiger partial charge in [-0.05, 0) is 25.0 Å². The van der Waals surface area contributed by atoms with Crippen LogP contribution in [0, 0.1) is 0 Å². The van der Waals surface area contributed by atoms with E-state index in [2.05, 4.69) is 12.2 Å². The highest BCUT2D eigenvalue weighted by molar-refractivity contribution is 5.06. The molecule has 1 heterocycles. The van der Waals surface area contributed by atoms with Gasteiger partial charge in [0.15, 0.2) is 0 Å². The number of rotatable bonds is 5. The fourth-order valence-electron chi connectivity index (χ4n) is 2.51. The third-order valence-corrected chi connectivity index (χ3v) is 3.60. The van der Waals surface area contributed by atoms with Gasteiger partial charge in [0.25, 0.3) is 0 Å². The fraction of sp³-hybridized carbons (Fsp3) is 0.714. The minimum atomic E-state index is -0.488. The van der Waals surface area contributed by atoms with E-state index in [4.69, 9.17) is 4.42 Å². The molecule has 0 amide bonds. The Kier molecular flexibility index (Phi) is 4.24. The molecule has 96 valence electrons. The van der Waals surface area contributed by atoms with E-state index >= 15 is 0 Å². The van der Waals surface area contributed by atoms with Gasteiger partial charge in [0.1, 0.15) is 11.5 Å². The summed E-state index contributed by atoms with van der Waals surface area (Å²) in [5, 5.41) is 13.6. The average molecular weight is 237 g/mol. The summed E-state index contributed by atoms with van der Waals surface area (Å²) in [6, 6.07) is 4.03. The van der Waals surface area contributed by atoms with E-state index < -0.39 is 5.60 Å². The van der Waals surface area contributed by atoms with Crippen LogP contribution >= 0.6 is 0 Å². The lowest BCUT2D eigenvalue weighted by molar-refractivity contribution is 0.00437. The van der Waals surface area contributed by atoms with Crippen LogP contribution in [0.4, 0.5) is 0 Å².